The Morgan fingerprint density at radius 1 is 1.09 bits per heavy atom. The maximum atomic E-state index is 12.8. The maximum Gasteiger partial charge on any atom is 0.240 e. The van der Waals surface area contributed by atoms with E-state index in [1.165, 1.54) is 0 Å². The van der Waals surface area contributed by atoms with Gasteiger partial charge >= 0.3 is 0 Å². The molecule has 3 aliphatic rings. The number of hydrogen-bond acceptors (Lipinski definition) is 5. The molecule has 2 fully saturated rings. The molecule has 9 heteroatoms. The number of benzene rings is 1. The Bertz CT molecular complexity index is 950. The van der Waals surface area contributed by atoms with Gasteiger partial charge in [-0.25, -0.2) is 13.1 Å². The van der Waals surface area contributed by atoms with Gasteiger partial charge in [-0.15, -0.1) is 0 Å². The van der Waals surface area contributed by atoms with Gasteiger partial charge in [0.05, 0.1) is 11.0 Å². The minimum absolute atomic E-state index is 0.0448. The molecule has 0 saturated carbocycles. The van der Waals surface area contributed by atoms with Gasteiger partial charge in [-0.3, -0.25) is 9.59 Å². The van der Waals surface area contributed by atoms with Crippen molar-refractivity contribution in [3.63, 3.8) is 0 Å². The van der Waals surface area contributed by atoms with Crippen molar-refractivity contribution in [1.29, 1.82) is 0 Å². The Balaban J connectivity index is 1.33. The van der Waals surface area contributed by atoms with Gasteiger partial charge in [0.25, 0.3) is 0 Å². The number of anilines is 1. The van der Waals surface area contributed by atoms with Crippen LogP contribution in [0.3, 0.4) is 0 Å². The molecule has 3 heterocycles. The fourth-order valence-electron chi connectivity index (χ4n) is 4.66. The van der Waals surface area contributed by atoms with Crippen LogP contribution in [0.5, 0.6) is 0 Å². The summed E-state index contributed by atoms with van der Waals surface area (Å²) in [4.78, 5) is 29.0. The lowest BCUT2D eigenvalue weighted by Crippen LogP contribution is -2.38. The van der Waals surface area contributed by atoms with Gasteiger partial charge in [-0.05, 0) is 61.8 Å². The molecule has 2 saturated heterocycles. The molecule has 8 nitrogen and oxygen atoms in total. The smallest absolute Gasteiger partial charge is 0.240 e. The van der Waals surface area contributed by atoms with E-state index < -0.39 is 10.0 Å². The van der Waals surface area contributed by atoms with Gasteiger partial charge in [0.2, 0.25) is 21.8 Å². The molecule has 1 aromatic carbocycles. The van der Waals surface area contributed by atoms with Crippen LogP contribution in [0.4, 0.5) is 5.69 Å². The first kappa shape index (κ1) is 23.2. The molecule has 0 aliphatic carbocycles. The Morgan fingerprint density at radius 2 is 1.84 bits per heavy atom. The van der Waals surface area contributed by atoms with Crippen LogP contribution < -0.4 is 9.62 Å². The number of rotatable bonds is 7. The predicted octanol–water partition coefficient (Wildman–Crippen LogP) is 2.07. The summed E-state index contributed by atoms with van der Waals surface area (Å²) in [6.45, 7) is 5.22. The number of ether oxygens (including phenoxy) is 1. The average Bonchev–Trinajstić information content (AvgIpc) is 3.46. The molecule has 0 aromatic heterocycles. The first-order valence-corrected chi connectivity index (χ1v) is 13.1. The molecule has 176 valence electrons. The summed E-state index contributed by atoms with van der Waals surface area (Å²) in [5, 5.41) is 0. The fraction of sp³-hybridized carbons (Fsp3) is 0.652. The van der Waals surface area contributed by atoms with Crippen molar-refractivity contribution < 1.29 is 22.7 Å². The summed E-state index contributed by atoms with van der Waals surface area (Å²) >= 11 is 0. The third-order valence-corrected chi connectivity index (χ3v) is 8.19. The first-order valence-electron chi connectivity index (χ1n) is 11.7. The summed E-state index contributed by atoms with van der Waals surface area (Å²) < 4.78 is 33.4. The lowest BCUT2D eigenvalue weighted by Gasteiger charge is -2.30. The lowest BCUT2D eigenvalue weighted by atomic mass is 9.99. The average molecular weight is 464 g/mol. The highest BCUT2D eigenvalue weighted by molar-refractivity contribution is 7.89. The predicted molar refractivity (Wildman–Crippen MR) is 121 cm³/mol. The third-order valence-electron chi connectivity index (χ3n) is 6.77. The summed E-state index contributed by atoms with van der Waals surface area (Å²) in [5.74, 6) is 0.611. The minimum atomic E-state index is -3.63. The molecule has 3 aliphatic heterocycles. The first-order chi connectivity index (χ1) is 15.3. The van der Waals surface area contributed by atoms with Crippen molar-refractivity contribution in [3.05, 3.63) is 23.8 Å². The van der Waals surface area contributed by atoms with Crippen molar-refractivity contribution in [1.82, 2.24) is 9.62 Å². The Labute approximate surface area is 190 Å². The van der Waals surface area contributed by atoms with Crippen LogP contribution in [0.2, 0.25) is 0 Å². The number of piperidine rings is 1. The molecule has 32 heavy (non-hydrogen) atoms. The van der Waals surface area contributed by atoms with E-state index in [4.69, 9.17) is 4.74 Å². The maximum absolute atomic E-state index is 12.8. The molecule has 0 unspecified atom stereocenters. The van der Waals surface area contributed by atoms with Crippen LogP contribution in [0.1, 0.15) is 51.0 Å². The second-order valence-electron chi connectivity index (χ2n) is 9.14. The van der Waals surface area contributed by atoms with Crippen LogP contribution in [-0.2, 0) is 30.8 Å². The molecular weight excluding hydrogens is 430 g/mol. The third kappa shape index (κ3) is 5.32. The number of nitrogens with one attached hydrogen (secondary N) is 1. The van der Waals surface area contributed by atoms with E-state index in [0.29, 0.717) is 25.5 Å². The summed E-state index contributed by atoms with van der Waals surface area (Å²) in [6.07, 6.45) is 4.80. The van der Waals surface area contributed by atoms with Gasteiger partial charge in [0, 0.05) is 51.3 Å². The van der Waals surface area contributed by atoms with Crippen molar-refractivity contribution in [2.45, 2.75) is 62.9 Å². The number of likely N-dealkylation sites (tertiary alicyclic amines) is 1. The van der Waals surface area contributed by atoms with Gasteiger partial charge in [0.15, 0.2) is 0 Å². The molecule has 0 spiro atoms. The molecular formula is C23H33N3O5S. The molecule has 1 atom stereocenters. The van der Waals surface area contributed by atoms with Crippen molar-refractivity contribution >= 4 is 27.5 Å². The van der Waals surface area contributed by atoms with E-state index in [9.17, 15) is 18.0 Å². The SMILES string of the molecule is CC1CCN(C(=O)CCC(=O)N2CCc3cc(S(=O)(=O)NC[C@H]4CCCO4)ccc32)CC1. The lowest BCUT2D eigenvalue weighted by molar-refractivity contribution is -0.134. The zero-order chi connectivity index (χ0) is 22.7. The zero-order valence-corrected chi connectivity index (χ0v) is 19.5. The summed E-state index contributed by atoms with van der Waals surface area (Å²) in [5.41, 5.74) is 1.59. The van der Waals surface area contributed by atoms with Crippen LogP contribution in [0, 0.1) is 5.92 Å². The largest absolute Gasteiger partial charge is 0.377 e. The van der Waals surface area contributed by atoms with E-state index >= 15 is 0 Å². The van der Waals surface area contributed by atoms with Crippen molar-refractivity contribution in [2.75, 3.05) is 37.7 Å². The molecule has 0 radical (unpaired) electrons. The summed E-state index contributed by atoms with van der Waals surface area (Å²) in [6, 6.07) is 4.90. The number of nitrogens with zero attached hydrogens (tertiary/aromatic N) is 2. The van der Waals surface area contributed by atoms with Crippen molar-refractivity contribution in [3.8, 4) is 0 Å². The van der Waals surface area contributed by atoms with E-state index in [0.717, 1.165) is 50.0 Å². The van der Waals surface area contributed by atoms with Crippen LogP contribution in [-0.4, -0.2) is 64.0 Å². The number of fused-ring (bicyclic) bond motifs is 1. The van der Waals surface area contributed by atoms with Crippen LogP contribution in [0.15, 0.2) is 23.1 Å². The van der Waals surface area contributed by atoms with Gasteiger partial charge < -0.3 is 14.5 Å². The Kier molecular flexibility index (Phi) is 7.17. The molecule has 2 amide bonds. The highest BCUT2D eigenvalue weighted by Crippen LogP contribution is 2.31. The number of carbonyl (C=O) groups excluding carboxylic acids is 2. The number of sulfonamides is 1. The van der Waals surface area contributed by atoms with E-state index in [1.54, 1.807) is 23.1 Å². The molecule has 4 rings (SSSR count). The van der Waals surface area contributed by atoms with Gasteiger partial charge in [0.1, 0.15) is 0 Å². The molecule has 1 aromatic rings. The number of carbonyl (C=O) groups is 2. The highest BCUT2D eigenvalue weighted by atomic mass is 32.2. The molecule has 0 bridgehead atoms. The van der Waals surface area contributed by atoms with Gasteiger partial charge in [-0.2, -0.15) is 0 Å². The standard InChI is InChI=1S/C23H33N3O5S/c1-17-8-11-25(12-9-17)22(27)6-7-23(28)26-13-10-18-15-20(4-5-21(18)26)32(29,30)24-16-19-3-2-14-31-19/h4-5,15,17,19,24H,2-3,6-14,16H2,1H3/t19-/m1/s1. The zero-order valence-electron chi connectivity index (χ0n) is 18.7. The summed E-state index contributed by atoms with van der Waals surface area (Å²) in [7, 11) is -3.63. The fourth-order valence-corrected chi connectivity index (χ4v) is 5.78. The quantitative estimate of drug-likeness (QED) is 0.668. The Hall–Kier alpha value is -1.97. The second kappa shape index (κ2) is 9.89. The van der Waals surface area contributed by atoms with E-state index in [2.05, 4.69) is 11.6 Å². The molecule has 1 N–H and O–H groups in total. The number of amides is 2. The van der Waals surface area contributed by atoms with Crippen molar-refractivity contribution in [2.24, 2.45) is 5.92 Å². The van der Waals surface area contributed by atoms with Crippen LogP contribution in [0.25, 0.3) is 0 Å². The van der Waals surface area contributed by atoms with E-state index in [-0.39, 0.29) is 42.2 Å². The number of hydrogen-bond donors (Lipinski definition) is 1. The highest BCUT2D eigenvalue weighted by Gasteiger charge is 2.28. The monoisotopic (exact) mass is 463 g/mol. The minimum Gasteiger partial charge on any atom is -0.377 e. The van der Waals surface area contributed by atoms with E-state index in [1.807, 2.05) is 4.90 Å². The van der Waals surface area contributed by atoms with Crippen LogP contribution >= 0.6 is 0 Å². The second-order valence-corrected chi connectivity index (χ2v) is 10.9. The normalized spacial score (nSPS) is 21.7. The topological polar surface area (TPSA) is 96.0 Å². The Morgan fingerprint density at radius 3 is 2.56 bits per heavy atom. The van der Waals surface area contributed by atoms with Gasteiger partial charge in [-0.1, -0.05) is 6.92 Å².